The molecule has 0 aliphatic carbocycles. The van der Waals surface area contributed by atoms with E-state index in [2.05, 4.69) is 43.0 Å². The summed E-state index contributed by atoms with van der Waals surface area (Å²) in [7, 11) is 0. The molecule has 1 heterocycles. The van der Waals surface area contributed by atoms with E-state index in [0.29, 0.717) is 24.3 Å². The van der Waals surface area contributed by atoms with Gasteiger partial charge in [-0.1, -0.05) is 27.7 Å². The second-order valence-electron chi connectivity index (χ2n) is 5.13. The van der Waals surface area contributed by atoms with Gasteiger partial charge in [-0.2, -0.15) is 0 Å². The van der Waals surface area contributed by atoms with E-state index in [-0.39, 0.29) is 0 Å². The van der Waals surface area contributed by atoms with Crippen molar-refractivity contribution in [1.82, 2.24) is 9.97 Å². The molecule has 0 spiro atoms. The van der Waals surface area contributed by atoms with Gasteiger partial charge in [0.15, 0.2) is 0 Å². The fourth-order valence-corrected chi connectivity index (χ4v) is 2.02. The smallest absolute Gasteiger partial charge is 0.144 e. The average Bonchev–Trinajstić information content (AvgIpc) is 2.29. The van der Waals surface area contributed by atoms with E-state index >= 15 is 0 Å². The molecule has 4 nitrogen and oxygen atoms in total. The summed E-state index contributed by atoms with van der Waals surface area (Å²) in [6, 6.07) is 0. The van der Waals surface area contributed by atoms with Crippen LogP contribution in [0.1, 0.15) is 33.4 Å². The minimum Gasteiger partial charge on any atom is -0.368 e. The summed E-state index contributed by atoms with van der Waals surface area (Å²) in [5.74, 6) is 2.80. The molecule has 0 saturated carbocycles. The monoisotopic (exact) mass is 236 g/mol. The lowest BCUT2D eigenvalue weighted by Gasteiger charge is -2.25. The molecule has 0 aliphatic heterocycles. The second kappa shape index (κ2) is 6.55. The minimum absolute atomic E-state index is 0.438. The highest BCUT2D eigenvalue weighted by atomic mass is 15.0. The number of rotatable bonds is 6. The second-order valence-corrected chi connectivity index (χ2v) is 5.13. The van der Waals surface area contributed by atoms with E-state index in [9.17, 15) is 0 Å². The predicted octanol–water partition coefficient (Wildman–Crippen LogP) is 2.28. The summed E-state index contributed by atoms with van der Waals surface area (Å²) in [5, 5.41) is 3.34. The van der Waals surface area contributed by atoms with Gasteiger partial charge >= 0.3 is 0 Å². The Balaban J connectivity index is 2.53. The van der Waals surface area contributed by atoms with Crippen molar-refractivity contribution < 1.29 is 0 Å². The summed E-state index contributed by atoms with van der Waals surface area (Å²) in [6.07, 6.45) is 3.47. The lowest BCUT2D eigenvalue weighted by molar-refractivity contribution is 0.304. The number of hydrogen-bond acceptors (Lipinski definition) is 4. The number of nitrogens with two attached hydrogens (primary N) is 1. The molecule has 4 heteroatoms. The number of nitrogens with one attached hydrogen (secondary N) is 1. The van der Waals surface area contributed by atoms with Crippen molar-refractivity contribution in [3.63, 3.8) is 0 Å². The molecule has 0 atom stereocenters. The van der Waals surface area contributed by atoms with Crippen molar-refractivity contribution in [2.45, 2.75) is 34.2 Å². The summed E-state index contributed by atoms with van der Waals surface area (Å²) >= 11 is 0. The van der Waals surface area contributed by atoms with Crippen molar-refractivity contribution in [2.75, 3.05) is 11.9 Å². The summed E-state index contributed by atoms with van der Waals surface area (Å²) in [6.45, 7) is 10.4. The fourth-order valence-electron chi connectivity index (χ4n) is 2.02. The van der Waals surface area contributed by atoms with Gasteiger partial charge in [0.1, 0.15) is 5.82 Å². The maximum atomic E-state index is 5.48. The summed E-state index contributed by atoms with van der Waals surface area (Å²) < 4.78 is 0. The average molecular weight is 236 g/mol. The molecule has 1 aromatic heterocycles. The van der Waals surface area contributed by atoms with Crippen LogP contribution >= 0.6 is 0 Å². The molecule has 0 aliphatic rings. The molecule has 17 heavy (non-hydrogen) atoms. The summed E-state index contributed by atoms with van der Waals surface area (Å²) in [5.41, 5.74) is 6.30. The van der Waals surface area contributed by atoms with Gasteiger partial charge in [-0.15, -0.1) is 0 Å². The van der Waals surface area contributed by atoms with Gasteiger partial charge in [0.05, 0.1) is 18.1 Å². The Hall–Kier alpha value is -1.16. The fraction of sp³-hybridized carbons (Fsp3) is 0.692. The molecule has 0 radical (unpaired) electrons. The van der Waals surface area contributed by atoms with Crippen LogP contribution in [0.5, 0.6) is 0 Å². The van der Waals surface area contributed by atoms with E-state index in [1.807, 2.05) is 0 Å². The van der Waals surface area contributed by atoms with Crippen molar-refractivity contribution in [2.24, 2.45) is 23.5 Å². The highest BCUT2D eigenvalue weighted by Crippen LogP contribution is 2.20. The first kappa shape index (κ1) is 13.9. The van der Waals surface area contributed by atoms with Gasteiger partial charge in [-0.05, 0) is 17.8 Å². The zero-order chi connectivity index (χ0) is 12.8. The molecule has 0 saturated heterocycles. The van der Waals surface area contributed by atoms with Crippen molar-refractivity contribution in [1.29, 1.82) is 0 Å². The largest absolute Gasteiger partial charge is 0.368 e. The van der Waals surface area contributed by atoms with E-state index in [4.69, 9.17) is 5.73 Å². The van der Waals surface area contributed by atoms with Crippen molar-refractivity contribution in [3.8, 4) is 0 Å². The Bertz CT molecular complexity index is 311. The number of anilines is 1. The molecular formula is C13H24N4. The van der Waals surface area contributed by atoms with Crippen molar-refractivity contribution in [3.05, 3.63) is 18.1 Å². The van der Waals surface area contributed by atoms with Crippen LogP contribution in [0.2, 0.25) is 0 Å². The third-order valence-electron chi connectivity index (χ3n) is 3.15. The molecule has 0 bridgehead atoms. The third-order valence-corrected chi connectivity index (χ3v) is 3.15. The van der Waals surface area contributed by atoms with Crippen LogP contribution in [0, 0.1) is 17.8 Å². The van der Waals surface area contributed by atoms with Crippen LogP contribution in [0.25, 0.3) is 0 Å². The SMILES string of the molecule is CC(C)C(CNc1cnc(CN)cn1)C(C)C. The normalized spacial score (nSPS) is 11.5. The standard InChI is InChI=1S/C13H24N4/c1-9(2)12(10(3)4)7-17-13-8-15-11(5-14)6-16-13/h6,8-10,12H,5,7,14H2,1-4H3,(H,16,17). The Kier molecular flexibility index (Phi) is 5.35. The first-order valence-corrected chi connectivity index (χ1v) is 6.29. The van der Waals surface area contributed by atoms with Gasteiger partial charge in [0, 0.05) is 13.1 Å². The highest BCUT2D eigenvalue weighted by Gasteiger charge is 2.17. The van der Waals surface area contributed by atoms with Crippen LogP contribution in [-0.4, -0.2) is 16.5 Å². The topological polar surface area (TPSA) is 63.8 Å². The molecule has 0 unspecified atom stereocenters. The van der Waals surface area contributed by atoms with Crippen molar-refractivity contribution >= 4 is 5.82 Å². The molecule has 0 amide bonds. The first-order valence-electron chi connectivity index (χ1n) is 6.29. The molecule has 1 rings (SSSR count). The Morgan fingerprint density at radius 3 is 2.18 bits per heavy atom. The zero-order valence-corrected chi connectivity index (χ0v) is 11.3. The molecule has 3 N–H and O–H groups in total. The first-order chi connectivity index (χ1) is 8.04. The van der Waals surface area contributed by atoms with E-state index < -0.39 is 0 Å². The maximum Gasteiger partial charge on any atom is 0.144 e. The zero-order valence-electron chi connectivity index (χ0n) is 11.3. The number of aromatic nitrogens is 2. The number of hydrogen-bond donors (Lipinski definition) is 2. The lowest BCUT2D eigenvalue weighted by atomic mass is 9.85. The van der Waals surface area contributed by atoms with Gasteiger partial charge in [0.25, 0.3) is 0 Å². The van der Waals surface area contributed by atoms with Crippen LogP contribution in [-0.2, 0) is 6.54 Å². The molecule has 1 aromatic rings. The highest BCUT2D eigenvalue weighted by molar-refractivity contribution is 5.30. The van der Waals surface area contributed by atoms with E-state index in [1.54, 1.807) is 12.4 Å². The minimum atomic E-state index is 0.438. The van der Waals surface area contributed by atoms with Crippen LogP contribution < -0.4 is 11.1 Å². The Labute approximate surface area is 104 Å². The molecule has 96 valence electrons. The van der Waals surface area contributed by atoms with Gasteiger partial charge in [0.2, 0.25) is 0 Å². The maximum absolute atomic E-state index is 5.48. The van der Waals surface area contributed by atoms with Crippen LogP contribution in [0.4, 0.5) is 5.82 Å². The van der Waals surface area contributed by atoms with Gasteiger partial charge in [-0.3, -0.25) is 4.98 Å². The molecule has 0 aromatic carbocycles. The Morgan fingerprint density at radius 2 is 1.76 bits per heavy atom. The molecular weight excluding hydrogens is 212 g/mol. The predicted molar refractivity (Wildman–Crippen MR) is 71.6 cm³/mol. The van der Waals surface area contributed by atoms with Crippen LogP contribution in [0.3, 0.4) is 0 Å². The lowest BCUT2D eigenvalue weighted by Crippen LogP contribution is -2.24. The van der Waals surface area contributed by atoms with E-state index in [0.717, 1.165) is 18.1 Å². The van der Waals surface area contributed by atoms with E-state index in [1.165, 1.54) is 0 Å². The quantitative estimate of drug-likeness (QED) is 0.795. The van der Waals surface area contributed by atoms with Gasteiger partial charge < -0.3 is 11.1 Å². The third kappa shape index (κ3) is 4.30. The number of nitrogens with zero attached hydrogens (tertiary/aromatic N) is 2. The van der Waals surface area contributed by atoms with Gasteiger partial charge in [-0.25, -0.2) is 4.98 Å². The summed E-state index contributed by atoms with van der Waals surface area (Å²) in [4.78, 5) is 8.50. The van der Waals surface area contributed by atoms with Crippen LogP contribution in [0.15, 0.2) is 12.4 Å². The Morgan fingerprint density at radius 1 is 1.12 bits per heavy atom. The molecule has 0 fully saturated rings.